The fourth-order valence-corrected chi connectivity index (χ4v) is 3.18. The second kappa shape index (κ2) is 6.72. The third kappa shape index (κ3) is 3.48. The van der Waals surface area contributed by atoms with Gasteiger partial charge < -0.3 is 9.42 Å². The van der Waals surface area contributed by atoms with E-state index in [1.807, 2.05) is 17.9 Å². The molecule has 0 spiro atoms. The summed E-state index contributed by atoms with van der Waals surface area (Å²) >= 11 is 0. The average Bonchev–Trinajstić information content (AvgIpc) is 3.21. The van der Waals surface area contributed by atoms with Crippen molar-refractivity contribution < 1.29 is 13.7 Å². The molecule has 2 aromatic heterocycles. The molecule has 2 atom stereocenters. The Labute approximate surface area is 140 Å². The Morgan fingerprint density at radius 1 is 1.54 bits per heavy atom. The zero-order valence-electron chi connectivity index (χ0n) is 14.1. The van der Waals surface area contributed by atoms with E-state index in [0.717, 1.165) is 5.69 Å². The van der Waals surface area contributed by atoms with E-state index in [0.29, 0.717) is 37.5 Å². The minimum Gasteiger partial charge on any atom is -0.360 e. The predicted octanol–water partition coefficient (Wildman–Crippen LogP) is 1.40. The molecule has 0 aromatic carbocycles. The van der Waals surface area contributed by atoms with Gasteiger partial charge in [0.2, 0.25) is 0 Å². The molecule has 8 heteroatoms. The van der Waals surface area contributed by atoms with Gasteiger partial charge in [-0.2, -0.15) is 5.10 Å². The van der Waals surface area contributed by atoms with Crippen molar-refractivity contribution >= 4 is 5.91 Å². The van der Waals surface area contributed by atoms with Gasteiger partial charge in [-0.25, -0.2) is 4.39 Å². The van der Waals surface area contributed by atoms with E-state index in [1.165, 1.54) is 0 Å². The van der Waals surface area contributed by atoms with Crippen LogP contribution in [0.4, 0.5) is 4.39 Å². The van der Waals surface area contributed by atoms with Crippen molar-refractivity contribution in [2.75, 3.05) is 20.1 Å². The molecule has 1 fully saturated rings. The molecule has 2 aromatic rings. The number of nitrogens with zero attached hydrogens (tertiary/aromatic N) is 5. The molecular weight excluding hydrogens is 313 g/mol. The summed E-state index contributed by atoms with van der Waals surface area (Å²) in [6, 6.07) is 3.49. The van der Waals surface area contributed by atoms with E-state index >= 15 is 0 Å². The zero-order chi connectivity index (χ0) is 17.3. The lowest BCUT2D eigenvalue weighted by atomic mass is 10.2. The number of alkyl halides is 1. The van der Waals surface area contributed by atoms with E-state index in [1.54, 1.807) is 35.9 Å². The van der Waals surface area contributed by atoms with Gasteiger partial charge in [-0.3, -0.25) is 14.4 Å². The van der Waals surface area contributed by atoms with Gasteiger partial charge in [0.1, 0.15) is 11.9 Å². The molecule has 0 radical (unpaired) electrons. The number of halogens is 1. The zero-order valence-corrected chi connectivity index (χ0v) is 14.1. The van der Waals surface area contributed by atoms with Crippen LogP contribution in [0.1, 0.15) is 28.4 Å². The van der Waals surface area contributed by atoms with Gasteiger partial charge in [-0.15, -0.1) is 0 Å². The first-order valence-electron chi connectivity index (χ1n) is 7.98. The van der Waals surface area contributed by atoms with Crippen molar-refractivity contribution in [2.24, 2.45) is 7.05 Å². The summed E-state index contributed by atoms with van der Waals surface area (Å²) in [5.74, 6) is 0.597. The Kier molecular flexibility index (Phi) is 4.66. The molecule has 3 rings (SSSR count). The summed E-state index contributed by atoms with van der Waals surface area (Å²) in [4.78, 5) is 16.1. The van der Waals surface area contributed by atoms with E-state index < -0.39 is 6.17 Å². The highest BCUT2D eigenvalue weighted by Crippen LogP contribution is 2.24. The van der Waals surface area contributed by atoms with Crippen molar-refractivity contribution in [3.63, 3.8) is 0 Å². The maximum absolute atomic E-state index is 13.9. The van der Waals surface area contributed by atoms with Crippen molar-refractivity contribution in [2.45, 2.75) is 32.1 Å². The first-order valence-corrected chi connectivity index (χ1v) is 7.98. The van der Waals surface area contributed by atoms with E-state index in [4.69, 9.17) is 4.52 Å². The van der Waals surface area contributed by atoms with Gasteiger partial charge in [0.15, 0.2) is 5.76 Å². The molecule has 1 saturated heterocycles. The van der Waals surface area contributed by atoms with Crippen LogP contribution >= 0.6 is 0 Å². The van der Waals surface area contributed by atoms with Crippen molar-refractivity contribution in [1.29, 1.82) is 0 Å². The molecule has 0 unspecified atom stereocenters. The number of rotatable bonds is 5. The van der Waals surface area contributed by atoms with Crippen LogP contribution in [0, 0.1) is 6.92 Å². The quantitative estimate of drug-likeness (QED) is 0.826. The van der Waals surface area contributed by atoms with Gasteiger partial charge in [0.05, 0.1) is 12.2 Å². The molecular formula is C16H22FN5O2. The molecule has 1 aliphatic rings. The second-order valence-corrected chi connectivity index (χ2v) is 6.38. The third-order valence-electron chi connectivity index (χ3n) is 4.38. The molecule has 130 valence electrons. The second-order valence-electron chi connectivity index (χ2n) is 6.38. The smallest absolute Gasteiger partial charge is 0.271 e. The van der Waals surface area contributed by atoms with E-state index in [2.05, 4.69) is 10.3 Å². The summed E-state index contributed by atoms with van der Waals surface area (Å²) in [6.45, 7) is 3.15. The van der Waals surface area contributed by atoms with Crippen LogP contribution in [-0.4, -0.2) is 63.0 Å². The van der Waals surface area contributed by atoms with Crippen molar-refractivity contribution in [3.8, 4) is 0 Å². The van der Waals surface area contributed by atoms with Gasteiger partial charge in [0.25, 0.3) is 5.91 Å². The number of amides is 1. The Hall–Kier alpha value is -2.22. The van der Waals surface area contributed by atoms with E-state index in [9.17, 15) is 9.18 Å². The summed E-state index contributed by atoms with van der Waals surface area (Å²) in [5.41, 5.74) is 1.32. The lowest BCUT2D eigenvalue weighted by molar-refractivity contribution is 0.0735. The van der Waals surface area contributed by atoms with Crippen LogP contribution in [0.25, 0.3) is 0 Å². The highest BCUT2D eigenvalue weighted by Gasteiger charge is 2.34. The van der Waals surface area contributed by atoms with Gasteiger partial charge >= 0.3 is 0 Å². The number of likely N-dealkylation sites (N-methyl/N-ethyl adjacent to an activating group) is 1. The molecule has 0 saturated carbocycles. The number of hydrogen-bond acceptors (Lipinski definition) is 5. The summed E-state index contributed by atoms with van der Waals surface area (Å²) in [7, 11) is 3.46. The first kappa shape index (κ1) is 16.6. The monoisotopic (exact) mass is 335 g/mol. The normalized spacial score (nSPS) is 21.3. The molecule has 0 N–H and O–H groups in total. The van der Waals surface area contributed by atoms with Crippen LogP contribution in [0.3, 0.4) is 0 Å². The predicted molar refractivity (Wildman–Crippen MR) is 85.1 cm³/mol. The highest BCUT2D eigenvalue weighted by molar-refractivity contribution is 5.92. The third-order valence-corrected chi connectivity index (χ3v) is 4.38. The molecule has 0 bridgehead atoms. The minimum atomic E-state index is -0.890. The lowest BCUT2D eigenvalue weighted by Crippen LogP contribution is -2.41. The summed E-state index contributed by atoms with van der Waals surface area (Å²) < 4.78 is 20.7. The van der Waals surface area contributed by atoms with Crippen LogP contribution < -0.4 is 0 Å². The minimum absolute atomic E-state index is 0.0485. The van der Waals surface area contributed by atoms with Gasteiger partial charge in [0, 0.05) is 45.5 Å². The Balaban J connectivity index is 1.65. The van der Waals surface area contributed by atoms with Crippen LogP contribution in [0.5, 0.6) is 0 Å². The molecule has 7 nitrogen and oxygen atoms in total. The van der Waals surface area contributed by atoms with Crippen LogP contribution in [-0.2, 0) is 13.6 Å². The fourth-order valence-electron chi connectivity index (χ4n) is 3.18. The maximum atomic E-state index is 13.9. The highest BCUT2D eigenvalue weighted by atomic mass is 19.1. The Morgan fingerprint density at radius 2 is 2.33 bits per heavy atom. The Bertz CT molecular complexity index is 713. The molecule has 24 heavy (non-hydrogen) atoms. The molecule has 3 heterocycles. The summed E-state index contributed by atoms with van der Waals surface area (Å²) in [6.07, 6.45) is 1.11. The van der Waals surface area contributed by atoms with Crippen LogP contribution in [0.15, 0.2) is 22.9 Å². The fraction of sp³-hybridized carbons (Fsp3) is 0.562. The largest absolute Gasteiger partial charge is 0.360 e. The number of carbonyl (C=O) groups is 1. The number of likely N-dealkylation sites (tertiary alicyclic amines) is 1. The van der Waals surface area contributed by atoms with Gasteiger partial charge in [-0.05, 0) is 19.4 Å². The standard InChI is InChI=1S/C16H22FN5O2/c1-11-6-14(24-19-11)10-22-8-12(17)7-13(22)9-20(2)16(23)15-4-5-18-21(15)3/h4-6,12-13H,7-10H2,1-3H3/t12-,13-/m0/s1. The van der Waals surface area contributed by atoms with Crippen molar-refractivity contribution in [1.82, 2.24) is 24.7 Å². The molecule has 0 aliphatic carbocycles. The number of aromatic nitrogens is 3. The Morgan fingerprint density at radius 3 is 2.96 bits per heavy atom. The summed E-state index contributed by atoms with van der Waals surface area (Å²) in [5, 5.41) is 7.88. The first-order chi connectivity index (χ1) is 11.4. The number of hydrogen-bond donors (Lipinski definition) is 0. The molecule has 1 amide bonds. The lowest BCUT2D eigenvalue weighted by Gasteiger charge is -2.27. The van der Waals surface area contributed by atoms with Gasteiger partial charge in [-0.1, -0.05) is 5.16 Å². The number of carbonyl (C=O) groups excluding carboxylic acids is 1. The topological polar surface area (TPSA) is 67.4 Å². The SMILES string of the molecule is Cc1cc(CN2C[C@@H](F)C[C@H]2CN(C)C(=O)c2ccnn2C)on1. The molecule has 1 aliphatic heterocycles. The van der Waals surface area contributed by atoms with Crippen LogP contribution in [0.2, 0.25) is 0 Å². The maximum Gasteiger partial charge on any atom is 0.271 e. The number of aryl methyl sites for hydroxylation is 2. The van der Waals surface area contributed by atoms with E-state index in [-0.39, 0.29) is 11.9 Å². The average molecular weight is 335 g/mol. The van der Waals surface area contributed by atoms with Crippen molar-refractivity contribution in [3.05, 3.63) is 35.5 Å².